The van der Waals surface area contributed by atoms with E-state index in [0.717, 1.165) is 36.4 Å². The zero-order valence-electron chi connectivity index (χ0n) is 13.7. The molecule has 1 aromatic rings. The Morgan fingerprint density at radius 2 is 1.95 bits per heavy atom. The van der Waals surface area contributed by atoms with Gasteiger partial charge in [-0.25, -0.2) is 0 Å². The molecule has 0 aromatic carbocycles. The molecule has 1 aliphatic rings. The summed E-state index contributed by atoms with van der Waals surface area (Å²) in [6.07, 6.45) is 1.36. The molecule has 0 bridgehead atoms. The first-order valence-electron chi connectivity index (χ1n) is 7.98. The summed E-state index contributed by atoms with van der Waals surface area (Å²) in [6.45, 7) is 15.4. The Morgan fingerprint density at radius 1 is 1.30 bits per heavy atom. The molecule has 3 nitrogen and oxygen atoms in total. The first kappa shape index (κ1) is 15.6. The molecular formula is C17H30N2O. The number of nitrogens with one attached hydrogen (secondary N) is 1. The zero-order chi connectivity index (χ0) is 14.7. The topological polar surface area (TPSA) is 28.4 Å². The molecular weight excluding hydrogens is 248 g/mol. The lowest BCUT2D eigenvalue weighted by atomic mass is 9.92. The minimum Gasteiger partial charge on any atom is -0.463 e. The first-order chi connectivity index (χ1) is 9.44. The van der Waals surface area contributed by atoms with Gasteiger partial charge in [-0.1, -0.05) is 27.7 Å². The van der Waals surface area contributed by atoms with Gasteiger partial charge in [0.2, 0.25) is 0 Å². The van der Waals surface area contributed by atoms with Crippen LogP contribution in [0.25, 0.3) is 0 Å². The van der Waals surface area contributed by atoms with Gasteiger partial charge in [0.15, 0.2) is 0 Å². The molecule has 2 atom stereocenters. The molecule has 2 heterocycles. The Morgan fingerprint density at radius 3 is 2.55 bits per heavy atom. The van der Waals surface area contributed by atoms with Crippen molar-refractivity contribution >= 4 is 0 Å². The molecule has 3 heteroatoms. The van der Waals surface area contributed by atoms with E-state index < -0.39 is 0 Å². The second-order valence-corrected chi connectivity index (χ2v) is 6.99. The molecule has 20 heavy (non-hydrogen) atoms. The Bertz CT molecular complexity index is 415. The van der Waals surface area contributed by atoms with Crippen LogP contribution >= 0.6 is 0 Å². The predicted molar refractivity (Wildman–Crippen MR) is 83.6 cm³/mol. The van der Waals surface area contributed by atoms with E-state index in [1.54, 1.807) is 0 Å². The summed E-state index contributed by atoms with van der Waals surface area (Å²) >= 11 is 0. The van der Waals surface area contributed by atoms with Gasteiger partial charge in [-0.05, 0) is 36.8 Å². The van der Waals surface area contributed by atoms with Gasteiger partial charge in [0.25, 0.3) is 0 Å². The average Bonchev–Trinajstić information content (AvgIpc) is 2.65. The molecule has 0 amide bonds. The predicted octanol–water partition coefficient (Wildman–Crippen LogP) is 3.56. The largest absolute Gasteiger partial charge is 0.463 e. The summed E-state index contributed by atoms with van der Waals surface area (Å²) in [6, 6.07) is 2.70. The molecule has 1 fully saturated rings. The van der Waals surface area contributed by atoms with Crippen molar-refractivity contribution in [1.82, 2.24) is 10.2 Å². The highest BCUT2D eigenvalue weighted by atomic mass is 16.3. The molecule has 1 aliphatic heterocycles. The Hall–Kier alpha value is -0.800. The minimum absolute atomic E-state index is 0.492. The maximum Gasteiger partial charge on any atom is 0.120 e. The molecule has 114 valence electrons. The van der Waals surface area contributed by atoms with Gasteiger partial charge in [0.1, 0.15) is 11.5 Å². The third kappa shape index (κ3) is 4.35. The third-order valence-corrected chi connectivity index (χ3v) is 4.07. The molecule has 1 N–H and O–H groups in total. The average molecular weight is 278 g/mol. The first-order valence-corrected chi connectivity index (χ1v) is 7.98. The standard InChI is InChI=1S/C17H30N2O/c1-12(2)18-8-17-15(5)7-16(20-17)11-19-9-13(3)6-14(4)10-19/h7,12-14,18H,6,8-11H2,1-5H3. The molecule has 1 saturated heterocycles. The smallest absolute Gasteiger partial charge is 0.120 e. The molecule has 1 aromatic heterocycles. The van der Waals surface area contributed by atoms with Gasteiger partial charge in [0.05, 0.1) is 13.1 Å². The SMILES string of the molecule is Cc1cc(CN2CC(C)CC(C)C2)oc1CNC(C)C. The van der Waals surface area contributed by atoms with Gasteiger partial charge in [-0.2, -0.15) is 0 Å². The molecule has 2 unspecified atom stereocenters. The van der Waals surface area contributed by atoms with E-state index in [1.807, 2.05) is 0 Å². The molecule has 0 saturated carbocycles. The summed E-state index contributed by atoms with van der Waals surface area (Å²) in [4.78, 5) is 2.54. The van der Waals surface area contributed by atoms with Crippen molar-refractivity contribution in [3.63, 3.8) is 0 Å². The van der Waals surface area contributed by atoms with Crippen LogP contribution in [0.5, 0.6) is 0 Å². The van der Waals surface area contributed by atoms with Crippen LogP contribution in [0.3, 0.4) is 0 Å². The van der Waals surface area contributed by atoms with E-state index in [4.69, 9.17) is 4.42 Å². The van der Waals surface area contributed by atoms with Crippen LogP contribution in [0, 0.1) is 18.8 Å². The Kier molecular flexibility index (Phi) is 5.28. The quantitative estimate of drug-likeness (QED) is 0.892. The lowest BCUT2D eigenvalue weighted by Crippen LogP contribution is -2.37. The summed E-state index contributed by atoms with van der Waals surface area (Å²) in [5.74, 6) is 3.81. The van der Waals surface area contributed by atoms with Crippen LogP contribution in [0.2, 0.25) is 0 Å². The fraction of sp³-hybridized carbons (Fsp3) is 0.765. The highest BCUT2D eigenvalue weighted by molar-refractivity contribution is 5.20. The van der Waals surface area contributed by atoms with Crippen molar-refractivity contribution in [3.8, 4) is 0 Å². The van der Waals surface area contributed by atoms with E-state index in [0.29, 0.717) is 6.04 Å². The zero-order valence-corrected chi connectivity index (χ0v) is 13.7. The van der Waals surface area contributed by atoms with Crippen LogP contribution in [0.1, 0.15) is 51.2 Å². The monoisotopic (exact) mass is 278 g/mol. The van der Waals surface area contributed by atoms with E-state index in [1.165, 1.54) is 25.1 Å². The summed E-state index contributed by atoms with van der Waals surface area (Å²) in [5.41, 5.74) is 1.27. The van der Waals surface area contributed by atoms with Crippen molar-refractivity contribution in [3.05, 3.63) is 23.2 Å². The lowest BCUT2D eigenvalue weighted by molar-refractivity contribution is 0.125. The summed E-state index contributed by atoms with van der Waals surface area (Å²) in [7, 11) is 0. The normalized spacial score (nSPS) is 24.5. The number of aryl methyl sites for hydroxylation is 1. The Labute approximate surface area is 123 Å². The highest BCUT2D eigenvalue weighted by Crippen LogP contribution is 2.24. The van der Waals surface area contributed by atoms with Crippen molar-refractivity contribution in [1.29, 1.82) is 0 Å². The fourth-order valence-corrected chi connectivity index (χ4v) is 3.28. The lowest BCUT2D eigenvalue weighted by Gasteiger charge is -2.34. The fourth-order valence-electron chi connectivity index (χ4n) is 3.28. The van der Waals surface area contributed by atoms with Crippen molar-refractivity contribution < 1.29 is 4.42 Å². The second kappa shape index (κ2) is 6.77. The van der Waals surface area contributed by atoms with Crippen molar-refractivity contribution in [2.75, 3.05) is 13.1 Å². The second-order valence-electron chi connectivity index (χ2n) is 6.99. The van der Waals surface area contributed by atoms with Crippen molar-refractivity contribution in [2.24, 2.45) is 11.8 Å². The van der Waals surface area contributed by atoms with Gasteiger partial charge >= 0.3 is 0 Å². The number of rotatable bonds is 5. The summed E-state index contributed by atoms with van der Waals surface area (Å²) in [5, 5.41) is 3.43. The van der Waals surface area contributed by atoms with Gasteiger partial charge in [-0.3, -0.25) is 4.90 Å². The molecule has 0 radical (unpaired) electrons. The van der Waals surface area contributed by atoms with Crippen molar-refractivity contribution in [2.45, 2.75) is 60.2 Å². The summed E-state index contributed by atoms with van der Waals surface area (Å²) < 4.78 is 6.03. The molecule has 0 spiro atoms. The van der Waals surface area contributed by atoms with Crippen LogP contribution in [-0.4, -0.2) is 24.0 Å². The number of furan rings is 1. The van der Waals surface area contributed by atoms with Crippen LogP contribution < -0.4 is 5.32 Å². The maximum absolute atomic E-state index is 6.03. The number of hydrogen-bond acceptors (Lipinski definition) is 3. The Balaban J connectivity index is 1.94. The molecule has 2 rings (SSSR count). The highest BCUT2D eigenvalue weighted by Gasteiger charge is 2.22. The van der Waals surface area contributed by atoms with Crippen LogP contribution in [0.4, 0.5) is 0 Å². The van der Waals surface area contributed by atoms with Gasteiger partial charge < -0.3 is 9.73 Å². The molecule has 0 aliphatic carbocycles. The van der Waals surface area contributed by atoms with E-state index in [-0.39, 0.29) is 0 Å². The van der Waals surface area contributed by atoms with E-state index in [2.05, 4.69) is 50.9 Å². The number of piperidine rings is 1. The number of nitrogens with zero attached hydrogens (tertiary/aromatic N) is 1. The maximum atomic E-state index is 6.03. The van der Waals surface area contributed by atoms with Crippen LogP contribution in [0.15, 0.2) is 10.5 Å². The van der Waals surface area contributed by atoms with Gasteiger partial charge in [0, 0.05) is 19.1 Å². The number of hydrogen-bond donors (Lipinski definition) is 1. The van der Waals surface area contributed by atoms with E-state index in [9.17, 15) is 0 Å². The number of likely N-dealkylation sites (tertiary alicyclic amines) is 1. The van der Waals surface area contributed by atoms with Crippen LogP contribution in [-0.2, 0) is 13.1 Å². The van der Waals surface area contributed by atoms with E-state index >= 15 is 0 Å². The minimum atomic E-state index is 0.492. The van der Waals surface area contributed by atoms with Gasteiger partial charge in [-0.15, -0.1) is 0 Å². The third-order valence-electron chi connectivity index (χ3n) is 4.07.